The van der Waals surface area contributed by atoms with Crippen molar-refractivity contribution in [1.82, 2.24) is 19.9 Å². The second-order valence-corrected chi connectivity index (χ2v) is 9.88. The minimum absolute atomic E-state index is 0.0402. The zero-order valence-electron chi connectivity index (χ0n) is 19.7. The van der Waals surface area contributed by atoms with Crippen molar-refractivity contribution in [2.75, 3.05) is 17.7 Å². The first kappa shape index (κ1) is 23.0. The van der Waals surface area contributed by atoms with E-state index in [4.69, 9.17) is 0 Å². The summed E-state index contributed by atoms with van der Waals surface area (Å²) in [6, 6.07) is 8.19. The molecule has 0 aliphatic carbocycles. The molecule has 0 spiro atoms. The van der Waals surface area contributed by atoms with Crippen LogP contribution in [0, 0.1) is 11.6 Å². The molecular formula is C25H30F2N6. The third-order valence-electron chi connectivity index (χ3n) is 6.61. The van der Waals surface area contributed by atoms with Crippen LogP contribution >= 0.6 is 0 Å². The fraction of sp³-hybridized carbons (Fsp3) is 0.400. The van der Waals surface area contributed by atoms with Gasteiger partial charge in [0.2, 0.25) is 5.95 Å². The molecule has 2 N–H and O–H groups in total. The summed E-state index contributed by atoms with van der Waals surface area (Å²) in [6.45, 7) is 8.78. The molecule has 8 heteroatoms. The molecule has 0 atom stereocenters. The number of nitrogens with zero attached hydrogens (tertiary/aromatic N) is 4. The fourth-order valence-corrected chi connectivity index (χ4v) is 4.68. The summed E-state index contributed by atoms with van der Waals surface area (Å²) >= 11 is 0. The Morgan fingerprint density at radius 1 is 0.970 bits per heavy atom. The average molecular weight is 453 g/mol. The van der Waals surface area contributed by atoms with E-state index in [0.29, 0.717) is 16.8 Å². The Bertz CT molecular complexity index is 1110. The minimum atomic E-state index is -0.508. The van der Waals surface area contributed by atoms with Gasteiger partial charge in [-0.25, -0.2) is 13.8 Å². The zero-order chi connectivity index (χ0) is 23.8. The third kappa shape index (κ3) is 4.95. The molecule has 33 heavy (non-hydrogen) atoms. The second kappa shape index (κ2) is 8.67. The van der Waals surface area contributed by atoms with Crippen molar-refractivity contribution in [3.8, 4) is 11.1 Å². The Hall–Kier alpha value is -3.13. The first-order chi connectivity index (χ1) is 15.5. The highest BCUT2D eigenvalue weighted by Crippen LogP contribution is 2.38. The van der Waals surface area contributed by atoms with Crippen molar-refractivity contribution in [1.29, 1.82) is 0 Å². The number of hydrogen-bond acceptors (Lipinski definition) is 6. The molecule has 1 fully saturated rings. The van der Waals surface area contributed by atoms with E-state index in [1.807, 2.05) is 0 Å². The summed E-state index contributed by atoms with van der Waals surface area (Å²) in [6.07, 6.45) is 6.08. The van der Waals surface area contributed by atoms with Crippen molar-refractivity contribution in [2.24, 2.45) is 0 Å². The summed E-state index contributed by atoms with van der Waals surface area (Å²) in [5.74, 6) is -0.462. The number of nitrogens with one attached hydrogen (secondary N) is 2. The SMILES string of the molecule is CN1C(C)(C)CC(Nc2nc(Nc3ccc(F)c(-c4ccncc4)c3)ncc2F)CC1(C)C. The van der Waals surface area contributed by atoms with E-state index < -0.39 is 5.82 Å². The monoisotopic (exact) mass is 452 g/mol. The lowest BCUT2D eigenvalue weighted by molar-refractivity contribution is -0.00778. The standard InChI is InChI=1S/C25H30F2N6/c1-24(2)13-18(14-25(3,4)33(24)5)30-22-21(27)15-29-23(32-22)31-17-6-7-20(26)19(12-17)16-8-10-28-11-9-16/h6-12,15,18H,13-14H2,1-5H3,(H2,29,30,31,32). The Kier molecular flexibility index (Phi) is 6.05. The van der Waals surface area contributed by atoms with Gasteiger partial charge < -0.3 is 10.6 Å². The van der Waals surface area contributed by atoms with Gasteiger partial charge in [0.1, 0.15) is 5.82 Å². The molecule has 1 aliphatic heterocycles. The molecule has 1 aromatic carbocycles. The van der Waals surface area contributed by atoms with Crippen molar-refractivity contribution >= 4 is 17.5 Å². The van der Waals surface area contributed by atoms with E-state index in [0.717, 1.165) is 19.0 Å². The quantitative estimate of drug-likeness (QED) is 0.524. The Labute approximate surface area is 193 Å². The maximum atomic E-state index is 14.6. The summed E-state index contributed by atoms with van der Waals surface area (Å²) in [7, 11) is 2.13. The molecule has 0 amide bonds. The highest BCUT2D eigenvalue weighted by molar-refractivity contribution is 5.70. The van der Waals surface area contributed by atoms with Gasteiger partial charge in [-0.2, -0.15) is 4.98 Å². The smallest absolute Gasteiger partial charge is 0.229 e. The van der Waals surface area contributed by atoms with E-state index in [1.54, 1.807) is 36.7 Å². The number of anilines is 3. The van der Waals surface area contributed by atoms with Crippen molar-refractivity contribution < 1.29 is 8.78 Å². The molecule has 0 radical (unpaired) electrons. The number of halogens is 2. The molecular weight excluding hydrogens is 422 g/mol. The van der Waals surface area contributed by atoms with E-state index in [-0.39, 0.29) is 34.7 Å². The van der Waals surface area contributed by atoms with Crippen LogP contribution in [0.1, 0.15) is 40.5 Å². The Morgan fingerprint density at radius 3 is 2.30 bits per heavy atom. The molecule has 4 rings (SSSR count). The van der Waals surface area contributed by atoms with Crippen molar-refractivity contribution in [2.45, 2.75) is 57.7 Å². The van der Waals surface area contributed by atoms with Crippen molar-refractivity contribution in [3.05, 3.63) is 60.6 Å². The molecule has 1 saturated heterocycles. The number of benzene rings is 1. The van der Waals surface area contributed by atoms with Crippen molar-refractivity contribution in [3.63, 3.8) is 0 Å². The number of hydrogen-bond donors (Lipinski definition) is 2. The van der Waals surface area contributed by atoms with Crippen LogP contribution in [0.5, 0.6) is 0 Å². The molecule has 174 valence electrons. The van der Waals surface area contributed by atoms with Crippen LogP contribution in [0.25, 0.3) is 11.1 Å². The van der Waals surface area contributed by atoms with Gasteiger partial charge in [-0.05, 0) is 83.5 Å². The predicted octanol–water partition coefficient (Wildman–Crippen LogP) is 5.62. The largest absolute Gasteiger partial charge is 0.365 e. The van der Waals surface area contributed by atoms with Crippen LogP contribution in [0.4, 0.5) is 26.2 Å². The van der Waals surface area contributed by atoms with Gasteiger partial charge in [-0.3, -0.25) is 9.88 Å². The molecule has 0 saturated carbocycles. The molecule has 1 aliphatic rings. The van der Waals surface area contributed by atoms with Gasteiger partial charge >= 0.3 is 0 Å². The van der Waals surface area contributed by atoms with Crippen LogP contribution in [0.2, 0.25) is 0 Å². The van der Waals surface area contributed by atoms with Crippen LogP contribution in [0.15, 0.2) is 48.9 Å². The molecule has 0 unspecified atom stereocenters. The number of rotatable bonds is 5. The van der Waals surface area contributed by atoms with E-state index in [9.17, 15) is 8.78 Å². The lowest BCUT2D eigenvalue weighted by atomic mass is 9.77. The fourth-order valence-electron chi connectivity index (χ4n) is 4.68. The van der Waals surface area contributed by atoms with Crippen LogP contribution < -0.4 is 10.6 Å². The topological polar surface area (TPSA) is 66.0 Å². The maximum absolute atomic E-state index is 14.6. The number of aromatic nitrogens is 3. The van der Waals surface area contributed by atoms with Gasteiger partial charge in [0, 0.05) is 40.8 Å². The van der Waals surface area contributed by atoms with Gasteiger partial charge in [0.25, 0.3) is 0 Å². The maximum Gasteiger partial charge on any atom is 0.229 e. The minimum Gasteiger partial charge on any atom is -0.365 e. The van der Waals surface area contributed by atoms with Crippen LogP contribution in [-0.4, -0.2) is 44.0 Å². The summed E-state index contributed by atoms with van der Waals surface area (Å²) < 4.78 is 29.0. The molecule has 0 bridgehead atoms. The molecule has 6 nitrogen and oxygen atoms in total. The van der Waals surface area contributed by atoms with Gasteiger partial charge in [0.05, 0.1) is 6.20 Å². The predicted molar refractivity (Wildman–Crippen MR) is 127 cm³/mol. The second-order valence-electron chi connectivity index (χ2n) is 9.88. The molecule has 3 aromatic rings. The lowest BCUT2D eigenvalue weighted by Gasteiger charge is -2.53. The number of pyridine rings is 1. The lowest BCUT2D eigenvalue weighted by Crippen LogP contribution is -2.61. The van der Waals surface area contributed by atoms with Gasteiger partial charge in [-0.1, -0.05) is 0 Å². The summed E-state index contributed by atoms with van der Waals surface area (Å²) in [4.78, 5) is 14.8. The number of piperidine rings is 1. The van der Waals surface area contributed by atoms with Crippen LogP contribution in [-0.2, 0) is 0 Å². The third-order valence-corrected chi connectivity index (χ3v) is 6.61. The van der Waals surface area contributed by atoms with Gasteiger partial charge in [-0.15, -0.1) is 0 Å². The summed E-state index contributed by atoms with van der Waals surface area (Å²) in [5, 5.41) is 6.36. The Morgan fingerprint density at radius 2 is 1.64 bits per heavy atom. The highest BCUT2D eigenvalue weighted by atomic mass is 19.1. The van der Waals surface area contributed by atoms with E-state index in [2.05, 4.69) is 65.2 Å². The molecule has 3 heterocycles. The van der Waals surface area contributed by atoms with Gasteiger partial charge in [0.15, 0.2) is 11.6 Å². The zero-order valence-corrected chi connectivity index (χ0v) is 19.7. The molecule has 2 aromatic heterocycles. The van der Waals surface area contributed by atoms with E-state index >= 15 is 0 Å². The van der Waals surface area contributed by atoms with Crippen LogP contribution in [0.3, 0.4) is 0 Å². The van der Waals surface area contributed by atoms with E-state index in [1.165, 1.54) is 6.07 Å². The summed E-state index contributed by atoms with van der Waals surface area (Å²) in [5.41, 5.74) is 1.66. The normalized spacial score (nSPS) is 18.2. The highest BCUT2D eigenvalue weighted by Gasteiger charge is 2.43. The first-order valence-corrected chi connectivity index (χ1v) is 11.1. The first-order valence-electron chi connectivity index (χ1n) is 11.1. The Balaban J connectivity index is 1.55. The average Bonchev–Trinajstić information content (AvgIpc) is 2.76. The number of likely N-dealkylation sites (tertiary alicyclic amines) is 1.